The normalized spacial score (nSPS) is 15.9. The molecule has 0 spiro atoms. The summed E-state index contributed by atoms with van der Waals surface area (Å²) in [6, 6.07) is 4.85. The largest absolute Gasteiger partial charge is 0.376 e. The third kappa shape index (κ3) is 3.07. The Bertz CT molecular complexity index is 303. The predicted octanol–water partition coefficient (Wildman–Crippen LogP) is 3.51. The first kappa shape index (κ1) is 10.1. The fourth-order valence-electron chi connectivity index (χ4n) is 1.32. The number of hydrogen-bond donors (Lipinski definition) is 0. The molecule has 0 bridgehead atoms. The van der Waals surface area contributed by atoms with Gasteiger partial charge in [0.25, 0.3) is 0 Å². The minimum Gasteiger partial charge on any atom is -0.376 e. The highest BCUT2D eigenvalue weighted by atomic mass is 79.9. The van der Waals surface area contributed by atoms with E-state index in [2.05, 4.69) is 15.9 Å². The first-order valence-electron chi connectivity index (χ1n) is 4.77. The molecule has 0 amide bonds. The highest BCUT2D eigenvalue weighted by molar-refractivity contribution is 9.10. The summed E-state index contributed by atoms with van der Waals surface area (Å²) in [4.78, 5) is 0. The van der Waals surface area contributed by atoms with Crippen molar-refractivity contribution in [2.24, 2.45) is 5.92 Å². The van der Waals surface area contributed by atoms with Gasteiger partial charge in [0.15, 0.2) is 0 Å². The summed E-state index contributed by atoms with van der Waals surface area (Å²) in [6.45, 7) is 1.32. The monoisotopic (exact) mass is 258 g/mol. The Morgan fingerprint density at radius 3 is 2.79 bits per heavy atom. The Morgan fingerprint density at radius 2 is 2.14 bits per heavy atom. The summed E-state index contributed by atoms with van der Waals surface area (Å²) in [5, 5.41) is 0. The molecule has 3 heteroatoms. The molecular formula is C11H12BrFO. The van der Waals surface area contributed by atoms with Gasteiger partial charge in [0, 0.05) is 11.1 Å². The van der Waals surface area contributed by atoms with E-state index < -0.39 is 0 Å². The maximum Gasteiger partial charge on any atom is 0.124 e. The Morgan fingerprint density at radius 1 is 1.36 bits per heavy atom. The smallest absolute Gasteiger partial charge is 0.124 e. The maximum atomic E-state index is 12.9. The van der Waals surface area contributed by atoms with Crippen LogP contribution in [0.2, 0.25) is 0 Å². The van der Waals surface area contributed by atoms with E-state index in [9.17, 15) is 4.39 Å². The molecule has 0 aliphatic heterocycles. The second-order valence-electron chi connectivity index (χ2n) is 3.74. The quantitative estimate of drug-likeness (QED) is 0.803. The molecule has 1 saturated carbocycles. The summed E-state index contributed by atoms with van der Waals surface area (Å²) in [5.41, 5.74) is 0.887. The van der Waals surface area contributed by atoms with Gasteiger partial charge in [-0.2, -0.15) is 0 Å². The van der Waals surface area contributed by atoms with Crippen LogP contribution in [-0.2, 0) is 11.3 Å². The molecule has 1 nitrogen and oxygen atoms in total. The first-order chi connectivity index (χ1) is 6.74. The molecule has 0 aromatic heterocycles. The zero-order valence-corrected chi connectivity index (χ0v) is 9.39. The lowest BCUT2D eigenvalue weighted by Gasteiger charge is -2.04. The fourth-order valence-corrected chi connectivity index (χ4v) is 1.83. The Kier molecular flexibility index (Phi) is 3.19. The highest BCUT2D eigenvalue weighted by Crippen LogP contribution is 2.29. The van der Waals surface area contributed by atoms with Crippen molar-refractivity contribution in [1.82, 2.24) is 0 Å². The Hall–Kier alpha value is -0.410. The van der Waals surface area contributed by atoms with Gasteiger partial charge in [0.05, 0.1) is 6.61 Å². The van der Waals surface area contributed by atoms with Crippen LogP contribution < -0.4 is 0 Å². The summed E-state index contributed by atoms with van der Waals surface area (Å²) < 4.78 is 19.2. The van der Waals surface area contributed by atoms with Crippen LogP contribution >= 0.6 is 15.9 Å². The number of hydrogen-bond acceptors (Lipinski definition) is 1. The second-order valence-corrected chi connectivity index (χ2v) is 4.65. The van der Waals surface area contributed by atoms with Gasteiger partial charge in [-0.1, -0.05) is 15.9 Å². The molecule has 2 rings (SSSR count). The van der Waals surface area contributed by atoms with Crippen LogP contribution in [-0.4, -0.2) is 6.61 Å². The molecule has 1 aromatic rings. The molecule has 0 heterocycles. The van der Waals surface area contributed by atoms with Gasteiger partial charge in [0.2, 0.25) is 0 Å². The summed E-state index contributed by atoms with van der Waals surface area (Å²) >= 11 is 3.25. The van der Waals surface area contributed by atoms with Crippen molar-refractivity contribution in [2.45, 2.75) is 19.4 Å². The van der Waals surface area contributed by atoms with E-state index in [4.69, 9.17) is 4.74 Å². The van der Waals surface area contributed by atoms with Crippen molar-refractivity contribution < 1.29 is 9.13 Å². The van der Waals surface area contributed by atoms with Gasteiger partial charge in [0.1, 0.15) is 5.82 Å². The molecule has 0 unspecified atom stereocenters. The highest BCUT2D eigenvalue weighted by Gasteiger charge is 2.20. The van der Waals surface area contributed by atoms with Gasteiger partial charge in [-0.15, -0.1) is 0 Å². The molecule has 1 aliphatic carbocycles. The molecule has 0 atom stereocenters. The molecule has 14 heavy (non-hydrogen) atoms. The molecule has 1 aromatic carbocycles. The van der Waals surface area contributed by atoms with Crippen LogP contribution in [0.25, 0.3) is 0 Å². The van der Waals surface area contributed by atoms with Gasteiger partial charge >= 0.3 is 0 Å². The van der Waals surface area contributed by atoms with Crippen LogP contribution in [0.15, 0.2) is 22.7 Å². The number of ether oxygens (including phenoxy) is 1. The number of halogens is 2. The molecule has 76 valence electrons. The van der Waals surface area contributed by atoms with Crippen LogP contribution in [0.3, 0.4) is 0 Å². The molecule has 0 N–H and O–H groups in total. The van der Waals surface area contributed by atoms with Crippen molar-refractivity contribution >= 4 is 15.9 Å². The van der Waals surface area contributed by atoms with Crippen molar-refractivity contribution in [2.75, 3.05) is 6.61 Å². The zero-order valence-electron chi connectivity index (χ0n) is 7.80. The number of rotatable bonds is 4. The molecule has 0 radical (unpaired) electrons. The Labute approximate surface area is 91.4 Å². The third-order valence-electron chi connectivity index (χ3n) is 2.24. The average molecular weight is 259 g/mol. The number of benzene rings is 1. The van der Waals surface area contributed by atoms with Gasteiger partial charge in [-0.25, -0.2) is 4.39 Å². The topological polar surface area (TPSA) is 9.23 Å². The minimum absolute atomic E-state index is 0.218. The lowest BCUT2D eigenvalue weighted by molar-refractivity contribution is 0.111. The fraction of sp³-hybridized carbons (Fsp3) is 0.455. The minimum atomic E-state index is -0.218. The van der Waals surface area contributed by atoms with Crippen LogP contribution in [0.4, 0.5) is 4.39 Å². The van der Waals surface area contributed by atoms with Crippen LogP contribution in [0.1, 0.15) is 18.4 Å². The molecular weight excluding hydrogens is 247 g/mol. The van der Waals surface area contributed by atoms with E-state index >= 15 is 0 Å². The average Bonchev–Trinajstić information content (AvgIpc) is 2.86. The van der Waals surface area contributed by atoms with E-state index in [0.29, 0.717) is 6.61 Å². The van der Waals surface area contributed by atoms with Crippen LogP contribution in [0.5, 0.6) is 0 Å². The van der Waals surface area contributed by atoms with E-state index in [1.165, 1.54) is 25.0 Å². The SMILES string of the molecule is Fc1cc(Br)cc(COCC2CC2)c1. The lowest BCUT2D eigenvalue weighted by Crippen LogP contribution is -1.97. The second kappa shape index (κ2) is 4.41. The zero-order chi connectivity index (χ0) is 9.97. The summed E-state index contributed by atoms with van der Waals surface area (Å²) in [5.74, 6) is 0.538. The standard InChI is InChI=1S/C11H12BrFO/c12-10-3-9(4-11(13)5-10)7-14-6-8-1-2-8/h3-5,8H,1-2,6-7H2. The van der Waals surface area contributed by atoms with Crippen molar-refractivity contribution in [3.8, 4) is 0 Å². The Balaban J connectivity index is 1.87. The third-order valence-corrected chi connectivity index (χ3v) is 2.70. The van der Waals surface area contributed by atoms with E-state index in [1.54, 1.807) is 0 Å². The van der Waals surface area contributed by atoms with Crippen molar-refractivity contribution in [3.05, 3.63) is 34.1 Å². The van der Waals surface area contributed by atoms with E-state index in [-0.39, 0.29) is 5.82 Å². The van der Waals surface area contributed by atoms with Gasteiger partial charge in [-0.3, -0.25) is 0 Å². The van der Waals surface area contributed by atoms with Crippen LogP contribution in [0, 0.1) is 11.7 Å². The summed E-state index contributed by atoms with van der Waals surface area (Å²) in [7, 11) is 0. The van der Waals surface area contributed by atoms with Crippen molar-refractivity contribution in [3.63, 3.8) is 0 Å². The molecule has 0 saturated heterocycles. The molecule has 1 aliphatic rings. The van der Waals surface area contributed by atoms with Gasteiger partial charge in [-0.05, 0) is 42.5 Å². The molecule has 1 fully saturated rings. The van der Waals surface area contributed by atoms with Crippen molar-refractivity contribution in [1.29, 1.82) is 0 Å². The van der Waals surface area contributed by atoms with E-state index in [1.807, 2.05) is 6.07 Å². The van der Waals surface area contributed by atoms with E-state index in [0.717, 1.165) is 22.6 Å². The predicted molar refractivity (Wildman–Crippen MR) is 56.5 cm³/mol. The first-order valence-corrected chi connectivity index (χ1v) is 5.56. The summed E-state index contributed by atoms with van der Waals surface area (Å²) in [6.07, 6.45) is 2.57. The maximum absolute atomic E-state index is 12.9. The van der Waals surface area contributed by atoms with Gasteiger partial charge < -0.3 is 4.74 Å². The lowest BCUT2D eigenvalue weighted by atomic mass is 10.2.